The maximum atomic E-state index is 12.7. The minimum Gasteiger partial charge on any atom is -0.359 e. The maximum absolute atomic E-state index is 12.7. The highest BCUT2D eigenvalue weighted by molar-refractivity contribution is 7.89. The summed E-state index contributed by atoms with van der Waals surface area (Å²) in [7, 11) is -3.54. The topological polar surface area (TPSA) is 92.5 Å². The zero-order chi connectivity index (χ0) is 19.1. The average Bonchev–Trinajstić information content (AvgIpc) is 3.26. The monoisotopic (exact) mass is 397 g/mol. The lowest BCUT2D eigenvalue weighted by Gasteiger charge is -2.14. The standard InChI is InChI=1S/C17H23N3O4S2/c1-11-13(26(22,23)20-7-5-6-8-20)9-12(25-11)16(21)18-15-10-14(24-19-15)17(2,3)4/h9-10H,5-8H2,1-4H3,(H,18,19,21). The van der Waals surface area contributed by atoms with Crippen LogP contribution in [0.5, 0.6) is 0 Å². The number of anilines is 1. The zero-order valence-electron chi connectivity index (χ0n) is 15.3. The molecule has 0 saturated carbocycles. The molecule has 0 aromatic carbocycles. The number of carbonyl (C=O) groups excluding carboxylic acids is 1. The van der Waals surface area contributed by atoms with E-state index in [0.29, 0.717) is 34.4 Å². The van der Waals surface area contributed by atoms with E-state index in [1.165, 1.54) is 10.4 Å². The number of aryl methyl sites for hydroxylation is 1. The first-order valence-electron chi connectivity index (χ1n) is 8.48. The fourth-order valence-corrected chi connectivity index (χ4v) is 5.74. The van der Waals surface area contributed by atoms with E-state index in [4.69, 9.17) is 4.52 Å². The molecule has 0 unspecified atom stereocenters. The Labute approximate surface area is 157 Å². The summed E-state index contributed by atoms with van der Waals surface area (Å²) in [5.41, 5.74) is -0.216. The van der Waals surface area contributed by atoms with Crippen LogP contribution >= 0.6 is 11.3 Å². The van der Waals surface area contributed by atoms with Crippen LogP contribution in [-0.4, -0.2) is 36.9 Å². The van der Waals surface area contributed by atoms with E-state index in [-0.39, 0.29) is 10.3 Å². The van der Waals surface area contributed by atoms with Gasteiger partial charge in [0.05, 0.1) is 9.77 Å². The van der Waals surface area contributed by atoms with E-state index in [9.17, 15) is 13.2 Å². The van der Waals surface area contributed by atoms with Crippen molar-refractivity contribution in [2.45, 2.75) is 50.8 Å². The smallest absolute Gasteiger partial charge is 0.267 e. The molecule has 1 aliphatic rings. The van der Waals surface area contributed by atoms with Crippen molar-refractivity contribution < 1.29 is 17.7 Å². The van der Waals surface area contributed by atoms with Crippen molar-refractivity contribution in [3.63, 3.8) is 0 Å². The third-order valence-electron chi connectivity index (χ3n) is 4.27. The Bertz CT molecular complexity index is 916. The number of amides is 1. The third kappa shape index (κ3) is 3.70. The molecule has 9 heteroatoms. The molecular weight excluding hydrogens is 374 g/mol. The van der Waals surface area contributed by atoms with Crippen molar-refractivity contribution in [2.24, 2.45) is 0 Å². The van der Waals surface area contributed by atoms with Crippen LogP contribution in [0.2, 0.25) is 0 Å². The lowest BCUT2D eigenvalue weighted by atomic mass is 9.93. The summed E-state index contributed by atoms with van der Waals surface area (Å²) < 4.78 is 32.2. The lowest BCUT2D eigenvalue weighted by molar-refractivity contribution is 0.102. The van der Waals surface area contributed by atoms with Gasteiger partial charge in [0.1, 0.15) is 5.76 Å². The van der Waals surface area contributed by atoms with E-state index in [0.717, 1.165) is 24.2 Å². The van der Waals surface area contributed by atoms with E-state index in [2.05, 4.69) is 10.5 Å². The minimum absolute atomic E-state index is 0.213. The minimum atomic E-state index is -3.54. The number of carbonyl (C=O) groups is 1. The molecule has 2 aromatic rings. The van der Waals surface area contributed by atoms with Crippen LogP contribution in [0, 0.1) is 6.92 Å². The number of sulfonamides is 1. The van der Waals surface area contributed by atoms with Crippen LogP contribution in [0.15, 0.2) is 21.6 Å². The summed E-state index contributed by atoms with van der Waals surface area (Å²) in [4.78, 5) is 13.7. The number of thiophene rings is 1. The van der Waals surface area contributed by atoms with Crippen molar-refractivity contribution in [1.82, 2.24) is 9.46 Å². The largest absolute Gasteiger partial charge is 0.359 e. The summed E-state index contributed by atoms with van der Waals surface area (Å²) >= 11 is 1.16. The Balaban J connectivity index is 1.80. The molecule has 3 heterocycles. The number of hydrogen-bond donors (Lipinski definition) is 1. The first-order chi connectivity index (χ1) is 12.1. The zero-order valence-corrected chi connectivity index (χ0v) is 17.0. The van der Waals surface area contributed by atoms with Crippen molar-refractivity contribution >= 4 is 33.1 Å². The van der Waals surface area contributed by atoms with Gasteiger partial charge in [-0.15, -0.1) is 11.3 Å². The highest BCUT2D eigenvalue weighted by Gasteiger charge is 2.31. The number of aromatic nitrogens is 1. The lowest BCUT2D eigenvalue weighted by Crippen LogP contribution is -2.28. The van der Waals surface area contributed by atoms with Gasteiger partial charge in [0.25, 0.3) is 5.91 Å². The predicted octanol–water partition coefficient (Wildman–Crippen LogP) is 3.38. The van der Waals surface area contributed by atoms with Crippen LogP contribution in [0.1, 0.15) is 53.9 Å². The third-order valence-corrected chi connectivity index (χ3v) is 7.47. The Morgan fingerprint density at radius 3 is 2.50 bits per heavy atom. The number of nitrogens with zero attached hydrogens (tertiary/aromatic N) is 2. The molecule has 1 aliphatic heterocycles. The molecule has 0 atom stereocenters. The Morgan fingerprint density at radius 1 is 1.27 bits per heavy atom. The van der Waals surface area contributed by atoms with Crippen molar-refractivity contribution in [3.05, 3.63) is 27.6 Å². The molecule has 7 nitrogen and oxygen atoms in total. The number of hydrogen-bond acceptors (Lipinski definition) is 6. The van der Waals surface area contributed by atoms with Gasteiger partial charge in [0.2, 0.25) is 10.0 Å². The van der Waals surface area contributed by atoms with Crippen molar-refractivity contribution in [3.8, 4) is 0 Å². The molecule has 2 aromatic heterocycles. The fraction of sp³-hybridized carbons (Fsp3) is 0.529. The van der Waals surface area contributed by atoms with Gasteiger partial charge in [-0.1, -0.05) is 25.9 Å². The first-order valence-corrected chi connectivity index (χ1v) is 10.7. The molecule has 0 bridgehead atoms. The molecule has 1 amide bonds. The molecule has 1 saturated heterocycles. The maximum Gasteiger partial charge on any atom is 0.267 e. The Kier molecular flexibility index (Phi) is 4.98. The highest BCUT2D eigenvalue weighted by Crippen LogP contribution is 2.31. The van der Waals surface area contributed by atoms with E-state index < -0.39 is 15.9 Å². The second-order valence-electron chi connectivity index (χ2n) is 7.42. The van der Waals surface area contributed by atoms with Crippen LogP contribution in [0.4, 0.5) is 5.82 Å². The number of rotatable bonds is 4. The molecule has 0 radical (unpaired) electrons. The van der Waals surface area contributed by atoms with Crippen LogP contribution in [0.25, 0.3) is 0 Å². The average molecular weight is 398 g/mol. The van der Waals surface area contributed by atoms with Crippen molar-refractivity contribution in [2.75, 3.05) is 18.4 Å². The normalized spacial score (nSPS) is 16.2. The summed E-state index contributed by atoms with van der Waals surface area (Å²) in [5.74, 6) is 0.581. The molecular formula is C17H23N3O4S2. The second-order valence-corrected chi connectivity index (χ2v) is 10.6. The van der Waals surface area contributed by atoms with Crippen molar-refractivity contribution in [1.29, 1.82) is 0 Å². The summed E-state index contributed by atoms with van der Waals surface area (Å²) in [6.45, 7) is 8.74. The predicted molar refractivity (Wildman–Crippen MR) is 100 cm³/mol. The van der Waals surface area contributed by atoms with Gasteiger partial charge in [-0.2, -0.15) is 4.31 Å². The molecule has 1 fully saturated rings. The van der Waals surface area contributed by atoms with Gasteiger partial charge < -0.3 is 9.84 Å². The molecule has 0 spiro atoms. The van der Waals surface area contributed by atoms with Gasteiger partial charge in [0.15, 0.2) is 5.82 Å². The molecule has 142 valence electrons. The SMILES string of the molecule is Cc1sc(C(=O)Nc2cc(C(C)(C)C)on2)cc1S(=O)(=O)N1CCCC1. The fourth-order valence-electron chi connectivity index (χ4n) is 2.77. The summed E-state index contributed by atoms with van der Waals surface area (Å²) in [6, 6.07) is 3.13. The van der Waals surface area contributed by atoms with Crippen LogP contribution < -0.4 is 5.32 Å². The second kappa shape index (κ2) is 6.79. The van der Waals surface area contributed by atoms with Gasteiger partial charge in [-0.25, -0.2) is 8.42 Å². The van der Waals surface area contributed by atoms with Gasteiger partial charge in [-0.3, -0.25) is 4.79 Å². The molecule has 26 heavy (non-hydrogen) atoms. The van der Waals surface area contributed by atoms with Crippen LogP contribution in [-0.2, 0) is 15.4 Å². The summed E-state index contributed by atoms with van der Waals surface area (Å²) in [5, 5.41) is 6.53. The quantitative estimate of drug-likeness (QED) is 0.854. The Morgan fingerprint density at radius 2 is 1.92 bits per heavy atom. The van der Waals surface area contributed by atoms with E-state index in [1.54, 1.807) is 13.0 Å². The van der Waals surface area contributed by atoms with E-state index in [1.807, 2.05) is 20.8 Å². The van der Waals surface area contributed by atoms with Gasteiger partial charge >= 0.3 is 0 Å². The molecule has 3 rings (SSSR count). The summed E-state index contributed by atoms with van der Waals surface area (Å²) in [6.07, 6.45) is 1.75. The first kappa shape index (κ1) is 19.1. The molecule has 1 N–H and O–H groups in total. The highest BCUT2D eigenvalue weighted by atomic mass is 32.2. The van der Waals surface area contributed by atoms with Gasteiger partial charge in [0, 0.05) is 29.4 Å². The molecule has 0 aliphatic carbocycles. The van der Waals surface area contributed by atoms with Crippen LogP contribution in [0.3, 0.4) is 0 Å². The van der Waals surface area contributed by atoms with Gasteiger partial charge in [-0.05, 0) is 25.8 Å². The van der Waals surface area contributed by atoms with E-state index >= 15 is 0 Å². The number of nitrogens with one attached hydrogen (secondary N) is 1. The Hall–Kier alpha value is -1.71.